The van der Waals surface area contributed by atoms with Crippen molar-refractivity contribution in [1.82, 2.24) is 9.55 Å². The molecule has 0 fully saturated rings. The third-order valence-electron chi connectivity index (χ3n) is 6.31. The van der Waals surface area contributed by atoms with Crippen molar-refractivity contribution in [2.75, 3.05) is 5.32 Å². The van der Waals surface area contributed by atoms with Crippen LogP contribution in [0.25, 0.3) is 16.7 Å². The third-order valence-corrected chi connectivity index (χ3v) is 6.31. The van der Waals surface area contributed by atoms with Crippen molar-refractivity contribution in [1.29, 1.82) is 0 Å². The van der Waals surface area contributed by atoms with Gasteiger partial charge in [-0.3, -0.25) is 4.57 Å². The van der Waals surface area contributed by atoms with Gasteiger partial charge in [-0.25, -0.2) is 4.98 Å². The molecule has 0 saturated heterocycles. The zero-order valence-electron chi connectivity index (χ0n) is 18.7. The first-order valence-electron chi connectivity index (χ1n) is 11.1. The normalized spacial score (nSPS) is 15.2. The molecular weight excluding hydrogens is 382 g/mol. The number of ether oxygens (including phenoxy) is 1. The molecule has 0 bridgehead atoms. The van der Waals surface area contributed by atoms with Crippen molar-refractivity contribution in [2.45, 2.75) is 53.2 Å². The lowest BCUT2D eigenvalue weighted by Gasteiger charge is -2.17. The van der Waals surface area contributed by atoms with Gasteiger partial charge in [-0.15, -0.1) is 0 Å². The molecule has 31 heavy (non-hydrogen) atoms. The van der Waals surface area contributed by atoms with Crippen LogP contribution < -0.4 is 10.1 Å². The van der Waals surface area contributed by atoms with Gasteiger partial charge >= 0.3 is 0 Å². The van der Waals surface area contributed by atoms with E-state index in [4.69, 9.17) is 9.72 Å². The van der Waals surface area contributed by atoms with Gasteiger partial charge in [-0.2, -0.15) is 0 Å². The van der Waals surface area contributed by atoms with E-state index in [0.717, 1.165) is 42.2 Å². The van der Waals surface area contributed by atoms with Crippen molar-refractivity contribution < 1.29 is 4.74 Å². The monoisotopic (exact) mass is 411 g/mol. The van der Waals surface area contributed by atoms with Gasteiger partial charge in [0, 0.05) is 31.1 Å². The van der Waals surface area contributed by atoms with Gasteiger partial charge in [0.05, 0.1) is 16.7 Å². The smallest absolute Gasteiger partial charge is 0.125 e. The van der Waals surface area contributed by atoms with Crippen LogP contribution in [0.2, 0.25) is 0 Å². The van der Waals surface area contributed by atoms with Gasteiger partial charge in [0.1, 0.15) is 17.7 Å². The van der Waals surface area contributed by atoms with Crippen LogP contribution in [0.4, 0.5) is 5.69 Å². The summed E-state index contributed by atoms with van der Waals surface area (Å²) in [7, 11) is 0. The van der Waals surface area contributed by atoms with Crippen LogP contribution in [0.3, 0.4) is 0 Å². The van der Waals surface area contributed by atoms with Crippen LogP contribution in [0, 0.1) is 13.8 Å². The molecule has 4 aromatic rings. The summed E-state index contributed by atoms with van der Waals surface area (Å²) in [6, 6.07) is 19.4. The zero-order valence-corrected chi connectivity index (χ0v) is 18.7. The molecule has 158 valence electrons. The Morgan fingerprint density at radius 3 is 2.77 bits per heavy atom. The topological polar surface area (TPSA) is 39.1 Å². The predicted octanol–water partition coefficient (Wildman–Crippen LogP) is 6.14. The van der Waals surface area contributed by atoms with E-state index < -0.39 is 0 Å². The molecule has 3 aromatic carbocycles. The van der Waals surface area contributed by atoms with Crippen LogP contribution in [0.5, 0.6) is 5.75 Å². The molecule has 1 unspecified atom stereocenters. The van der Waals surface area contributed by atoms with Crippen molar-refractivity contribution in [2.24, 2.45) is 0 Å². The van der Waals surface area contributed by atoms with Gasteiger partial charge < -0.3 is 10.1 Å². The number of imidazole rings is 1. The number of para-hydroxylation sites is 1. The van der Waals surface area contributed by atoms with E-state index in [9.17, 15) is 0 Å². The maximum absolute atomic E-state index is 5.92. The van der Waals surface area contributed by atoms with E-state index in [1.165, 1.54) is 33.5 Å². The molecule has 0 amide bonds. The Bertz CT molecular complexity index is 1270. The SMILES string of the molecule is CCc1nc2cccc(C)c2n1-c1cccc(CNc2ccc3c(c2)OC(C)C3)c1C. The largest absolute Gasteiger partial charge is 0.490 e. The van der Waals surface area contributed by atoms with Gasteiger partial charge in [0.2, 0.25) is 0 Å². The van der Waals surface area contributed by atoms with E-state index in [0.29, 0.717) is 0 Å². The summed E-state index contributed by atoms with van der Waals surface area (Å²) < 4.78 is 8.26. The van der Waals surface area contributed by atoms with Gasteiger partial charge in [0.25, 0.3) is 0 Å². The number of nitrogens with zero attached hydrogens (tertiary/aromatic N) is 2. The molecule has 1 N–H and O–H groups in total. The van der Waals surface area contributed by atoms with Crippen LogP contribution in [-0.2, 0) is 19.4 Å². The molecule has 1 atom stereocenters. The summed E-state index contributed by atoms with van der Waals surface area (Å²) in [5.41, 5.74) is 9.67. The van der Waals surface area contributed by atoms with Crippen LogP contribution in [0.1, 0.15) is 41.9 Å². The highest BCUT2D eigenvalue weighted by atomic mass is 16.5. The summed E-state index contributed by atoms with van der Waals surface area (Å²) in [5, 5.41) is 3.59. The third kappa shape index (κ3) is 3.46. The first-order valence-corrected chi connectivity index (χ1v) is 11.1. The highest BCUT2D eigenvalue weighted by molar-refractivity contribution is 5.82. The Kier molecular flexibility index (Phi) is 4.93. The predicted molar refractivity (Wildman–Crippen MR) is 127 cm³/mol. The Hall–Kier alpha value is -3.27. The minimum atomic E-state index is 0.269. The fraction of sp³-hybridized carbons (Fsp3) is 0.296. The van der Waals surface area contributed by atoms with Crippen molar-refractivity contribution >= 4 is 16.7 Å². The molecule has 4 nitrogen and oxygen atoms in total. The van der Waals surface area contributed by atoms with Crippen LogP contribution in [-0.4, -0.2) is 15.7 Å². The Labute approximate surface area is 183 Å². The molecule has 5 rings (SSSR count). The van der Waals surface area contributed by atoms with E-state index in [1.807, 2.05) is 0 Å². The molecular formula is C27H29N3O. The highest BCUT2D eigenvalue weighted by Gasteiger charge is 2.19. The standard InChI is InChI=1S/C27H29N3O/c1-5-26-29-23-10-6-8-17(2)27(23)30(26)24-11-7-9-21(19(24)4)16-28-22-13-12-20-14-18(3)31-25(20)15-22/h6-13,15,18,28H,5,14,16H2,1-4H3. The average Bonchev–Trinajstić information content (AvgIpc) is 3.32. The van der Waals surface area contributed by atoms with Crippen molar-refractivity contribution in [3.63, 3.8) is 0 Å². The first-order chi connectivity index (χ1) is 15.0. The highest BCUT2D eigenvalue weighted by Crippen LogP contribution is 2.32. The number of benzene rings is 3. The number of hydrogen-bond acceptors (Lipinski definition) is 3. The second kappa shape index (κ2) is 7.77. The summed E-state index contributed by atoms with van der Waals surface area (Å²) >= 11 is 0. The molecule has 4 heteroatoms. The quantitative estimate of drug-likeness (QED) is 0.429. The zero-order chi connectivity index (χ0) is 21.5. The molecule has 0 spiro atoms. The van der Waals surface area contributed by atoms with E-state index in [2.05, 4.69) is 92.2 Å². The van der Waals surface area contributed by atoms with Gasteiger partial charge in [0.15, 0.2) is 0 Å². The number of hydrogen-bond donors (Lipinski definition) is 1. The van der Waals surface area contributed by atoms with Crippen molar-refractivity contribution in [3.8, 4) is 11.4 Å². The molecule has 0 aliphatic carbocycles. The summed E-state index contributed by atoms with van der Waals surface area (Å²) in [6.45, 7) is 9.43. The van der Waals surface area contributed by atoms with Crippen molar-refractivity contribution in [3.05, 3.63) is 82.7 Å². The fourth-order valence-corrected chi connectivity index (χ4v) is 4.65. The Morgan fingerprint density at radius 2 is 1.94 bits per heavy atom. The minimum Gasteiger partial charge on any atom is -0.490 e. The van der Waals surface area contributed by atoms with Gasteiger partial charge in [-0.1, -0.05) is 37.3 Å². The average molecular weight is 412 g/mol. The number of rotatable bonds is 5. The first kappa shape index (κ1) is 19.7. The van der Waals surface area contributed by atoms with E-state index in [-0.39, 0.29) is 6.10 Å². The lowest BCUT2D eigenvalue weighted by Crippen LogP contribution is -2.07. The van der Waals surface area contributed by atoms with E-state index >= 15 is 0 Å². The van der Waals surface area contributed by atoms with Crippen LogP contribution >= 0.6 is 0 Å². The fourth-order valence-electron chi connectivity index (χ4n) is 4.65. The lowest BCUT2D eigenvalue weighted by atomic mass is 10.1. The molecule has 1 aliphatic heterocycles. The Morgan fingerprint density at radius 1 is 1.10 bits per heavy atom. The number of fused-ring (bicyclic) bond motifs is 2. The lowest BCUT2D eigenvalue weighted by molar-refractivity contribution is 0.255. The molecule has 0 saturated carbocycles. The summed E-state index contributed by atoms with van der Waals surface area (Å²) in [5.74, 6) is 2.11. The number of aryl methyl sites for hydroxylation is 2. The minimum absolute atomic E-state index is 0.269. The molecule has 0 radical (unpaired) electrons. The Balaban J connectivity index is 1.48. The number of aromatic nitrogens is 2. The summed E-state index contributed by atoms with van der Waals surface area (Å²) in [4.78, 5) is 4.91. The second-order valence-corrected chi connectivity index (χ2v) is 8.53. The molecule has 2 heterocycles. The molecule has 1 aliphatic rings. The number of nitrogens with one attached hydrogen (secondary N) is 1. The van der Waals surface area contributed by atoms with E-state index in [1.54, 1.807) is 0 Å². The maximum atomic E-state index is 5.92. The van der Waals surface area contributed by atoms with Gasteiger partial charge in [-0.05, 0) is 61.2 Å². The second-order valence-electron chi connectivity index (χ2n) is 8.53. The maximum Gasteiger partial charge on any atom is 0.125 e. The van der Waals surface area contributed by atoms with Crippen LogP contribution in [0.15, 0.2) is 54.6 Å². The molecule has 1 aromatic heterocycles. The summed E-state index contributed by atoms with van der Waals surface area (Å²) in [6.07, 6.45) is 2.16. The number of anilines is 1.